The van der Waals surface area contributed by atoms with E-state index in [1.165, 1.54) is 10.5 Å². The number of nitrogens with zero attached hydrogens (tertiary/aromatic N) is 2. The van der Waals surface area contributed by atoms with Crippen LogP contribution in [0.3, 0.4) is 0 Å². The first-order chi connectivity index (χ1) is 9.09. The summed E-state index contributed by atoms with van der Waals surface area (Å²) >= 11 is 0. The number of hydrogen-bond donors (Lipinski definition) is 1. The lowest BCUT2D eigenvalue weighted by Gasteiger charge is -2.21. The van der Waals surface area contributed by atoms with Crippen molar-refractivity contribution >= 4 is 15.7 Å². The van der Waals surface area contributed by atoms with E-state index in [-0.39, 0.29) is 5.03 Å². The summed E-state index contributed by atoms with van der Waals surface area (Å²) in [6.45, 7) is 5.58. The average molecular weight is 283 g/mol. The fourth-order valence-electron chi connectivity index (χ4n) is 2.03. The molecular weight excluding hydrogens is 262 g/mol. The van der Waals surface area contributed by atoms with Gasteiger partial charge in [0.25, 0.3) is 10.0 Å². The van der Waals surface area contributed by atoms with E-state index in [4.69, 9.17) is 0 Å². The molecule has 0 aromatic carbocycles. The highest BCUT2D eigenvalue weighted by Gasteiger charge is 2.32. The molecule has 0 radical (unpaired) electrons. The third kappa shape index (κ3) is 3.25. The van der Waals surface area contributed by atoms with Crippen LogP contribution in [0.5, 0.6) is 0 Å². The van der Waals surface area contributed by atoms with E-state index in [1.807, 2.05) is 13.8 Å². The normalized spacial score (nSPS) is 15.7. The molecule has 1 aromatic heterocycles. The summed E-state index contributed by atoms with van der Waals surface area (Å²) in [6, 6.07) is 3.50. The highest BCUT2D eigenvalue weighted by Crippen LogP contribution is 2.32. The molecule has 1 saturated carbocycles. The topological polar surface area (TPSA) is 62.3 Å². The first kappa shape index (κ1) is 14.3. The standard InChI is InChI=1S/C13H21N3O2S/c1-3-14-12-6-5-9-15-13(12)19(17,18)16(4-2)10-11-7-8-11/h5-6,9,11,14H,3-4,7-8,10H2,1-2H3. The van der Waals surface area contributed by atoms with Gasteiger partial charge < -0.3 is 5.32 Å². The molecule has 106 valence electrons. The molecule has 0 atom stereocenters. The SMILES string of the molecule is CCNc1cccnc1S(=O)(=O)N(CC)CC1CC1. The molecule has 0 unspecified atom stereocenters. The zero-order valence-electron chi connectivity index (χ0n) is 11.5. The minimum Gasteiger partial charge on any atom is -0.383 e. The maximum atomic E-state index is 12.6. The number of pyridine rings is 1. The van der Waals surface area contributed by atoms with Crippen LogP contribution >= 0.6 is 0 Å². The number of nitrogens with one attached hydrogen (secondary N) is 1. The quantitative estimate of drug-likeness (QED) is 0.830. The van der Waals surface area contributed by atoms with Gasteiger partial charge in [-0.25, -0.2) is 13.4 Å². The molecule has 6 heteroatoms. The Kier molecular flexibility index (Phi) is 4.42. The van der Waals surface area contributed by atoms with Crippen LogP contribution in [0.15, 0.2) is 23.4 Å². The molecule has 0 aliphatic heterocycles. The molecule has 0 amide bonds. The summed E-state index contributed by atoms with van der Waals surface area (Å²) in [7, 11) is -3.50. The Balaban J connectivity index is 2.31. The van der Waals surface area contributed by atoms with Crippen LogP contribution < -0.4 is 5.32 Å². The van der Waals surface area contributed by atoms with E-state index in [1.54, 1.807) is 12.1 Å². The van der Waals surface area contributed by atoms with Gasteiger partial charge in [-0.15, -0.1) is 0 Å². The van der Waals surface area contributed by atoms with Gasteiger partial charge >= 0.3 is 0 Å². The van der Waals surface area contributed by atoms with Crippen molar-refractivity contribution in [2.75, 3.05) is 25.0 Å². The summed E-state index contributed by atoms with van der Waals surface area (Å²) in [5, 5.41) is 3.20. The monoisotopic (exact) mass is 283 g/mol. The molecule has 2 rings (SSSR count). The highest BCUT2D eigenvalue weighted by atomic mass is 32.2. The van der Waals surface area contributed by atoms with Crippen molar-refractivity contribution in [2.24, 2.45) is 5.92 Å². The summed E-state index contributed by atoms with van der Waals surface area (Å²) in [6.07, 6.45) is 3.79. The van der Waals surface area contributed by atoms with Gasteiger partial charge in [0.2, 0.25) is 0 Å². The molecular formula is C13H21N3O2S. The van der Waals surface area contributed by atoms with Crippen molar-refractivity contribution in [1.29, 1.82) is 0 Å². The highest BCUT2D eigenvalue weighted by molar-refractivity contribution is 7.89. The van der Waals surface area contributed by atoms with Crippen LogP contribution in [0.1, 0.15) is 26.7 Å². The van der Waals surface area contributed by atoms with Crippen molar-refractivity contribution < 1.29 is 8.42 Å². The second-order valence-corrected chi connectivity index (χ2v) is 6.64. The maximum absolute atomic E-state index is 12.6. The molecule has 1 heterocycles. The molecule has 5 nitrogen and oxygen atoms in total. The van der Waals surface area contributed by atoms with Gasteiger partial charge in [-0.1, -0.05) is 6.92 Å². The molecule has 19 heavy (non-hydrogen) atoms. The Morgan fingerprint density at radius 2 is 2.16 bits per heavy atom. The van der Waals surface area contributed by atoms with Crippen molar-refractivity contribution in [3.05, 3.63) is 18.3 Å². The fraction of sp³-hybridized carbons (Fsp3) is 0.615. The minimum absolute atomic E-state index is 0.138. The maximum Gasteiger partial charge on any atom is 0.262 e. The van der Waals surface area contributed by atoms with Gasteiger partial charge in [0.05, 0.1) is 5.69 Å². The second-order valence-electron chi connectivity index (χ2n) is 4.79. The van der Waals surface area contributed by atoms with E-state index in [9.17, 15) is 8.42 Å². The summed E-state index contributed by atoms with van der Waals surface area (Å²) in [4.78, 5) is 4.07. The second kappa shape index (κ2) is 5.88. The predicted molar refractivity (Wildman–Crippen MR) is 75.6 cm³/mol. The Morgan fingerprint density at radius 1 is 1.42 bits per heavy atom. The van der Waals surface area contributed by atoms with E-state index >= 15 is 0 Å². The molecule has 1 N–H and O–H groups in total. The molecule has 1 aliphatic rings. The fourth-order valence-corrected chi connectivity index (χ4v) is 3.63. The van der Waals surface area contributed by atoms with E-state index in [2.05, 4.69) is 10.3 Å². The van der Waals surface area contributed by atoms with Gasteiger partial charge in [0.15, 0.2) is 5.03 Å². The molecule has 1 aliphatic carbocycles. The lowest BCUT2D eigenvalue weighted by Crippen LogP contribution is -2.33. The molecule has 0 bridgehead atoms. The van der Waals surface area contributed by atoms with Crippen molar-refractivity contribution in [3.8, 4) is 0 Å². The zero-order valence-corrected chi connectivity index (χ0v) is 12.3. The third-order valence-electron chi connectivity index (χ3n) is 3.23. The Morgan fingerprint density at radius 3 is 2.74 bits per heavy atom. The largest absolute Gasteiger partial charge is 0.383 e. The first-order valence-corrected chi connectivity index (χ1v) is 8.22. The molecule has 0 saturated heterocycles. The van der Waals surface area contributed by atoms with Crippen LogP contribution in [0, 0.1) is 5.92 Å². The van der Waals surface area contributed by atoms with E-state index < -0.39 is 10.0 Å². The van der Waals surface area contributed by atoms with Crippen molar-refractivity contribution in [1.82, 2.24) is 9.29 Å². The van der Waals surface area contributed by atoms with Gasteiger partial charge in [0.1, 0.15) is 0 Å². The number of hydrogen-bond acceptors (Lipinski definition) is 4. The minimum atomic E-state index is -3.50. The van der Waals surface area contributed by atoms with Crippen molar-refractivity contribution in [2.45, 2.75) is 31.7 Å². The Hall–Kier alpha value is -1.14. The third-order valence-corrected chi connectivity index (χ3v) is 5.14. The lowest BCUT2D eigenvalue weighted by molar-refractivity contribution is 0.410. The molecule has 0 spiro atoms. The lowest BCUT2D eigenvalue weighted by atomic mass is 10.4. The zero-order chi connectivity index (χ0) is 13.9. The summed E-state index contributed by atoms with van der Waals surface area (Å²) < 4.78 is 26.8. The molecule has 1 fully saturated rings. The Labute approximate surface area is 115 Å². The Bertz CT molecular complexity index is 526. The van der Waals surface area contributed by atoms with Gasteiger partial charge in [-0.3, -0.25) is 0 Å². The van der Waals surface area contributed by atoms with Crippen LogP contribution in [-0.4, -0.2) is 37.3 Å². The average Bonchev–Trinajstić information content (AvgIpc) is 3.20. The van der Waals surface area contributed by atoms with E-state index in [0.29, 0.717) is 31.2 Å². The number of anilines is 1. The van der Waals surface area contributed by atoms with Crippen LogP contribution in [-0.2, 0) is 10.0 Å². The number of rotatable bonds is 7. The van der Waals surface area contributed by atoms with Crippen molar-refractivity contribution in [3.63, 3.8) is 0 Å². The summed E-state index contributed by atoms with van der Waals surface area (Å²) in [5.41, 5.74) is 0.583. The predicted octanol–water partition coefficient (Wildman–Crippen LogP) is 1.93. The van der Waals surface area contributed by atoms with Gasteiger partial charge in [0, 0.05) is 25.8 Å². The van der Waals surface area contributed by atoms with Gasteiger partial charge in [-0.05, 0) is 37.8 Å². The molecule has 1 aromatic rings. The first-order valence-electron chi connectivity index (χ1n) is 6.78. The summed E-state index contributed by atoms with van der Waals surface area (Å²) in [5.74, 6) is 0.529. The van der Waals surface area contributed by atoms with Crippen LogP contribution in [0.25, 0.3) is 0 Å². The smallest absolute Gasteiger partial charge is 0.262 e. The number of aromatic nitrogens is 1. The van der Waals surface area contributed by atoms with Crippen LogP contribution in [0.4, 0.5) is 5.69 Å². The van der Waals surface area contributed by atoms with Gasteiger partial charge in [-0.2, -0.15) is 4.31 Å². The number of sulfonamides is 1. The van der Waals surface area contributed by atoms with E-state index in [0.717, 1.165) is 12.8 Å². The van der Waals surface area contributed by atoms with Crippen LogP contribution in [0.2, 0.25) is 0 Å².